The normalized spacial score (nSPS) is 16.6. The quantitative estimate of drug-likeness (QED) is 0.155. The molecule has 4 aromatic carbocycles. The standard InChI is InChI=1S/C24H31NO6.2C6H6O3S/c1-25(11-9-24(26)27)10-8-17-14-22(30-4)23(31-5)15-18(17)19(25)12-16-6-7-20(28-2)21(13-16)29-3;2*7-10(8,9)6-4-2-1-3-5-6/h6-7,13-15,19H,8-12H2,1-5H3;2*1-5H,(H,7,8,9)/t19-,25+;;/m1../s1. The molecule has 2 N–H and O–H groups in total. The Bertz CT molecular complexity index is 1900. The average molecular weight is 746 g/mol. The summed E-state index contributed by atoms with van der Waals surface area (Å²) < 4.78 is 82.7. The Hall–Kier alpha value is -4.67. The Kier molecular flexibility index (Phi) is 14.4. The van der Waals surface area contributed by atoms with Crippen molar-refractivity contribution in [3.05, 3.63) is 108 Å². The predicted molar refractivity (Wildman–Crippen MR) is 188 cm³/mol. The predicted octanol–water partition coefficient (Wildman–Crippen LogP) is 5.01. The lowest BCUT2D eigenvalue weighted by molar-refractivity contribution is -0.940. The van der Waals surface area contributed by atoms with Gasteiger partial charge in [-0.25, -0.2) is 8.42 Å². The molecule has 0 aliphatic carbocycles. The number of carboxylic acids is 1. The topological polar surface area (TPSA) is 186 Å². The van der Waals surface area contributed by atoms with Crippen LogP contribution in [0.2, 0.25) is 0 Å². The van der Waals surface area contributed by atoms with Crippen LogP contribution in [0, 0.1) is 0 Å². The first-order valence-electron chi connectivity index (χ1n) is 15.6. The highest BCUT2D eigenvalue weighted by molar-refractivity contribution is 7.86. The maximum atomic E-state index is 11.4. The number of likely N-dealkylation sites (N-methyl/N-ethyl adjacent to an activating group) is 1. The van der Waals surface area contributed by atoms with E-state index in [2.05, 4.69) is 19.2 Å². The van der Waals surface area contributed by atoms with E-state index in [9.17, 15) is 31.3 Å². The fourth-order valence-electron chi connectivity index (χ4n) is 5.69. The van der Waals surface area contributed by atoms with Crippen LogP contribution >= 0.6 is 0 Å². The lowest BCUT2D eigenvalue weighted by atomic mass is 9.86. The van der Waals surface area contributed by atoms with Gasteiger partial charge in [-0.2, -0.15) is 8.42 Å². The van der Waals surface area contributed by atoms with Gasteiger partial charge in [-0.3, -0.25) is 9.35 Å². The van der Waals surface area contributed by atoms with Gasteiger partial charge in [0.15, 0.2) is 23.0 Å². The van der Waals surface area contributed by atoms with Crippen molar-refractivity contribution in [1.29, 1.82) is 0 Å². The van der Waals surface area contributed by atoms with Crippen LogP contribution in [0.25, 0.3) is 0 Å². The fourth-order valence-corrected chi connectivity index (χ4v) is 6.68. The molecule has 0 saturated heterocycles. The summed E-state index contributed by atoms with van der Waals surface area (Å²) >= 11 is 0. The minimum Gasteiger partial charge on any atom is -0.744 e. The zero-order chi connectivity index (χ0) is 37.8. The number of nitrogens with zero attached hydrogens (tertiary/aromatic N) is 1. The zero-order valence-electron chi connectivity index (χ0n) is 29.0. The molecule has 0 unspecified atom stereocenters. The second kappa shape index (κ2) is 18.0. The average Bonchev–Trinajstić information content (AvgIpc) is 3.12. The van der Waals surface area contributed by atoms with Crippen LogP contribution in [0.15, 0.2) is 101 Å². The summed E-state index contributed by atoms with van der Waals surface area (Å²) in [4.78, 5) is 11.1. The number of benzene rings is 4. The van der Waals surface area contributed by atoms with Gasteiger partial charge >= 0.3 is 5.97 Å². The van der Waals surface area contributed by atoms with Gasteiger partial charge in [-0.05, 0) is 59.7 Å². The maximum absolute atomic E-state index is 11.4. The molecule has 0 spiro atoms. The van der Waals surface area contributed by atoms with Crippen LogP contribution in [0.4, 0.5) is 0 Å². The molecule has 1 aliphatic heterocycles. The lowest BCUT2D eigenvalue weighted by Crippen LogP contribution is -2.53. The molecule has 276 valence electrons. The summed E-state index contributed by atoms with van der Waals surface area (Å²) in [5.74, 6) is 1.99. The summed E-state index contributed by atoms with van der Waals surface area (Å²) in [6.45, 7) is 1.41. The van der Waals surface area contributed by atoms with E-state index in [0.717, 1.165) is 24.9 Å². The van der Waals surface area contributed by atoms with Crippen LogP contribution in [-0.4, -0.2) is 90.1 Å². The Morgan fingerprint density at radius 3 is 1.73 bits per heavy atom. The molecular formula is C36H43NO12S2. The van der Waals surface area contributed by atoms with Crippen molar-refractivity contribution in [3.8, 4) is 23.0 Å². The smallest absolute Gasteiger partial charge is 0.309 e. The number of hydrogen-bond acceptors (Lipinski definition) is 10. The van der Waals surface area contributed by atoms with Gasteiger partial charge in [0.2, 0.25) is 0 Å². The van der Waals surface area contributed by atoms with Crippen molar-refractivity contribution in [3.63, 3.8) is 0 Å². The third-order valence-corrected chi connectivity index (χ3v) is 10.2. The van der Waals surface area contributed by atoms with Gasteiger partial charge in [0, 0.05) is 18.4 Å². The van der Waals surface area contributed by atoms with E-state index in [-0.39, 0.29) is 22.3 Å². The van der Waals surface area contributed by atoms with Gasteiger partial charge in [-0.15, -0.1) is 0 Å². The molecule has 0 bridgehead atoms. The van der Waals surface area contributed by atoms with E-state index in [4.69, 9.17) is 23.5 Å². The Morgan fingerprint density at radius 2 is 1.27 bits per heavy atom. The number of aliphatic carboxylic acids is 1. The molecular weight excluding hydrogens is 703 g/mol. The molecule has 0 fully saturated rings. The van der Waals surface area contributed by atoms with Gasteiger partial charge in [-0.1, -0.05) is 42.5 Å². The van der Waals surface area contributed by atoms with Crippen LogP contribution < -0.4 is 18.9 Å². The molecule has 5 rings (SSSR count). The van der Waals surface area contributed by atoms with E-state index in [1.807, 2.05) is 18.2 Å². The Labute approximate surface area is 299 Å². The minimum atomic E-state index is -4.25. The number of methoxy groups -OCH3 is 4. The molecule has 0 saturated carbocycles. The molecule has 1 aliphatic rings. The molecule has 15 heteroatoms. The third-order valence-electron chi connectivity index (χ3n) is 8.44. The highest BCUT2D eigenvalue weighted by atomic mass is 32.2. The van der Waals surface area contributed by atoms with E-state index in [1.165, 1.54) is 47.5 Å². The van der Waals surface area contributed by atoms with Crippen LogP contribution in [0.1, 0.15) is 29.2 Å². The fraction of sp³-hybridized carbons (Fsp3) is 0.306. The highest BCUT2D eigenvalue weighted by Gasteiger charge is 2.40. The molecule has 51 heavy (non-hydrogen) atoms. The highest BCUT2D eigenvalue weighted by Crippen LogP contribution is 2.43. The Balaban J connectivity index is 0.000000283. The third kappa shape index (κ3) is 11.4. The summed E-state index contributed by atoms with van der Waals surface area (Å²) in [5.41, 5.74) is 3.49. The van der Waals surface area contributed by atoms with Crippen molar-refractivity contribution in [2.45, 2.75) is 35.1 Å². The van der Waals surface area contributed by atoms with E-state index in [0.29, 0.717) is 34.0 Å². The summed E-state index contributed by atoms with van der Waals surface area (Å²) in [6.07, 6.45) is 1.72. The number of fused-ring (bicyclic) bond motifs is 1. The molecule has 4 aromatic rings. The van der Waals surface area contributed by atoms with Gasteiger partial charge in [0.25, 0.3) is 10.1 Å². The van der Waals surface area contributed by atoms with Crippen LogP contribution in [0.3, 0.4) is 0 Å². The van der Waals surface area contributed by atoms with E-state index < -0.39 is 26.2 Å². The molecule has 0 radical (unpaired) electrons. The summed E-state index contributed by atoms with van der Waals surface area (Å²) in [5, 5.41) is 9.33. The maximum Gasteiger partial charge on any atom is 0.309 e. The lowest BCUT2D eigenvalue weighted by Gasteiger charge is -2.46. The number of rotatable bonds is 11. The molecule has 13 nitrogen and oxygen atoms in total. The molecule has 0 amide bonds. The number of quaternary nitrogens is 1. The summed E-state index contributed by atoms with van der Waals surface area (Å²) in [7, 11) is 0.411. The second-order valence-electron chi connectivity index (χ2n) is 11.7. The molecule has 0 aromatic heterocycles. The van der Waals surface area contributed by atoms with Crippen LogP contribution in [-0.2, 0) is 37.9 Å². The number of hydrogen-bond donors (Lipinski definition) is 2. The van der Waals surface area contributed by atoms with Crippen LogP contribution in [0.5, 0.6) is 23.0 Å². The van der Waals surface area contributed by atoms with Crippen molar-refractivity contribution < 1.29 is 59.3 Å². The second-order valence-corrected chi connectivity index (χ2v) is 14.5. The molecule has 1 heterocycles. The molecule has 2 atom stereocenters. The largest absolute Gasteiger partial charge is 0.744 e. The number of carboxylic acid groups (broad SMARTS) is 1. The summed E-state index contributed by atoms with van der Waals surface area (Å²) in [6, 6.07) is 24.7. The van der Waals surface area contributed by atoms with Crippen molar-refractivity contribution in [2.24, 2.45) is 0 Å². The van der Waals surface area contributed by atoms with Crippen molar-refractivity contribution >= 4 is 26.2 Å². The first-order chi connectivity index (χ1) is 24.1. The van der Waals surface area contributed by atoms with Crippen molar-refractivity contribution in [1.82, 2.24) is 0 Å². The van der Waals surface area contributed by atoms with E-state index in [1.54, 1.807) is 52.7 Å². The first kappa shape index (κ1) is 40.8. The monoisotopic (exact) mass is 745 g/mol. The van der Waals surface area contributed by atoms with Gasteiger partial charge < -0.3 is 33.1 Å². The van der Waals surface area contributed by atoms with Gasteiger partial charge in [0.1, 0.15) is 16.2 Å². The number of carbonyl (C=O) groups is 1. The number of ether oxygens (including phenoxy) is 4. The SMILES string of the molecule is COc1ccc(C[C@@H]2c3cc(OC)c(OC)cc3CC[N@@+]2(C)CCC(=O)O)cc1OC.O=S(=O)(O)c1ccccc1.O=S(=O)([O-])c1ccccc1. The minimum absolute atomic E-state index is 0.0704. The van der Waals surface area contributed by atoms with Gasteiger partial charge in [0.05, 0.1) is 64.8 Å². The Morgan fingerprint density at radius 1 is 0.765 bits per heavy atom. The van der Waals surface area contributed by atoms with Crippen molar-refractivity contribution in [2.75, 3.05) is 48.6 Å². The zero-order valence-corrected chi connectivity index (χ0v) is 30.6. The first-order valence-corrected chi connectivity index (χ1v) is 18.5. The van der Waals surface area contributed by atoms with E-state index >= 15 is 0 Å².